The number of ether oxygens (including phenoxy) is 1. The van der Waals surface area contributed by atoms with Crippen molar-refractivity contribution in [1.82, 2.24) is 4.90 Å². The lowest BCUT2D eigenvalue weighted by Crippen LogP contribution is -2.41. The van der Waals surface area contributed by atoms with Gasteiger partial charge in [-0.15, -0.1) is 0 Å². The first-order valence-corrected chi connectivity index (χ1v) is 3.71. The number of nitrogens with zero attached hydrogens (tertiary/aromatic N) is 1. The van der Waals surface area contributed by atoms with Gasteiger partial charge in [0.05, 0.1) is 13.2 Å². The van der Waals surface area contributed by atoms with Crippen LogP contribution >= 0.6 is 0 Å². The van der Waals surface area contributed by atoms with Gasteiger partial charge in [0, 0.05) is 0 Å². The van der Waals surface area contributed by atoms with Crippen LogP contribution in [0.2, 0.25) is 0 Å². The van der Waals surface area contributed by atoms with Crippen LogP contribution in [0.15, 0.2) is 0 Å². The van der Waals surface area contributed by atoms with E-state index in [9.17, 15) is 4.79 Å². The molecule has 0 bridgehead atoms. The van der Waals surface area contributed by atoms with Crippen molar-refractivity contribution < 1.29 is 9.53 Å². The molecule has 0 N–H and O–H groups in total. The summed E-state index contributed by atoms with van der Waals surface area (Å²) in [4.78, 5) is 12.9. The molecule has 0 aromatic rings. The van der Waals surface area contributed by atoms with Crippen molar-refractivity contribution in [3.8, 4) is 0 Å². The van der Waals surface area contributed by atoms with Crippen LogP contribution < -0.4 is 0 Å². The number of esters is 1. The summed E-state index contributed by atoms with van der Waals surface area (Å²) in [7, 11) is 0. The summed E-state index contributed by atoms with van der Waals surface area (Å²) < 4.78 is 4.77. The first-order valence-electron chi connectivity index (χ1n) is 3.71. The molecule has 58 valence electrons. The normalized spacial score (nSPS) is 18.1. The van der Waals surface area contributed by atoms with Gasteiger partial charge in [-0.05, 0) is 26.4 Å². The standard InChI is InChI=1S/C7H13NO2/c1-2-10-7(9)6-8-4-3-5-8/h2-6H2,1H3. The molecule has 0 atom stereocenters. The molecule has 1 fully saturated rings. The molecule has 10 heavy (non-hydrogen) atoms. The maximum atomic E-state index is 10.8. The van der Waals surface area contributed by atoms with Gasteiger partial charge >= 0.3 is 5.97 Å². The Bertz CT molecular complexity index is 121. The van der Waals surface area contributed by atoms with Gasteiger partial charge in [0.15, 0.2) is 0 Å². The van der Waals surface area contributed by atoms with E-state index in [1.54, 1.807) is 0 Å². The van der Waals surface area contributed by atoms with Crippen LogP contribution in [0.4, 0.5) is 0 Å². The monoisotopic (exact) mass is 143 g/mol. The van der Waals surface area contributed by atoms with E-state index in [2.05, 4.69) is 4.90 Å². The van der Waals surface area contributed by atoms with Crippen molar-refractivity contribution in [2.75, 3.05) is 26.2 Å². The van der Waals surface area contributed by atoms with E-state index in [1.165, 1.54) is 6.42 Å². The zero-order valence-corrected chi connectivity index (χ0v) is 6.30. The molecule has 3 nitrogen and oxygen atoms in total. The van der Waals surface area contributed by atoms with Gasteiger partial charge in [-0.3, -0.25) is 9.69 Å². The Labute approximate surface area is 61.0 Å². The largest absolute Gasteiger partial charge is 0.465 e. The fraction of sp³-hybridized carbons (Fsp3) is 0.857. The maximum Gasteiger partial charge on any atom is 0.320 e. The summed E-state index contributed by atoms with van der Waals surface area (Å²) in [5.74, 6) is -0.0952. The van der Waals surface area contributed by atoms with Gasteiger partial charge in [0.25, 0.3) is 0 Å². The van der Waals surface area contributed by atoms with E-state index in [-0.39, 0.29) is 5.97 Å². The molecule has 0 aromatic carbocycles. The van der Waals surface area contributed by atoms with Crippen LogP contribution in [0.5, 0.6) is 0 Å². The second-order valence-corrected chi connectivity index (χ2v) is 2.43. The highest BCUT2D eigenvalue weighted by atomic mass is 16.5. The van der Waals surface area contributed by atoms with Crippen molar-refractivity contribution in [1.29, 1.82) is 0 Å². The SMILES string of the molecule is CCOC(=O)CN1CCC1. The summed E-state index contributed by atoms with van der Waals surface area (Å²) in [5, 5.41) is 0. The Hall–Kier alpha value is -0.570. The van der Waals surface area contributed by atoms with Gasteiger partial charge in [-0.2, -0.15) is 0 Å². The second-order valence-electron chi connectivity index (χ2n) is 2.43. The first kappa shape index (κ1) is 7.54. The third kappa shape index (κ3) is 1.99. The molecular formula is C7H13NO2. The van der Waals surface area contributed by atoms with Gasteiger partial charge in [0.2, 0.25) is 0 Å². The van der Waals surface area contributed by atoms with E-state index in [1.807, 2.05) is 6.92 Å². The van der Waals surface area contributed by atoms with Crippen molar-refractivity contribution in [3.63, 3.8) is 0 Å². The number of rotatable bonds is 3. The lowest BCUT2D eigenvalue weighted by Gasteiger charge is -2.29. The molecule has 0 amide bonds. The molecule has 1 rings (SSSR count). The van der Waals surface area contributed by atoms with Crippen LogP contribution in [0.3, 0.4) is 0 Å². The molecule has 0 unspecified atom stereocenters. The van der Waals surface area contributed by atoms with Crippen LogP contribution in [-0.2, 0) is 9.53 Å². The minimum Gasteiger partial charge on any atom is -0.465 e. The fourth-order valence-corrected chi connectivity index (χ4v) is 0.929. The molecule has 1 heterocycles. The Morgan fingerprint density at radius 1 is 1.60 bits per heavy atom. The highest BCUT2D eigenvalue weighted by Gasteiger charge is 2.16. The van der Waals surface area contributed by atoms with Crippen molar-refractivity contribution in [2.24, 2.45) is 0 Å². The van der Waals surface area contributed by atoms with E-state index >= 15 is 0 Å². The van der Waals surface area contributed by atoms with E-state index in [0.29, 0.717) is 13.2 Å². The molecule has 0 aromatic heterocycles. The van der Waals surface area contributed by atoms with Gasteiger partial charge in [-0.25, -0.2) is 0 Å². The zero-order valence-electron chi connectivity index (χ0n) is 6.30. The van der Waals surface area contributed by atoms with E-state index < -0.39 is 0 Å². The Balaban J connectivity index is 2.05. The van der Waals surface area contributed by atoms with Crippen LogP contribution in [0.1, 0.15) is 13.3 Å². The number of carbonyl (C=O) groups excluding carboxylic acids is 1. The number of hydrogen-bond acceptors (Lipinski definition) is 3. The average Bonchev–Trinajstić information content (AvgIpc) is 1.80. The number of carbonyl (C=O) groups is 1. The smallest absolute Gasteiger partial charge is 0.320 e. The Morgan fingerprint density at radius 2 is 2.30 bits per heavy atom. The van der Waals surface area contributed by atoms with Gasteiger partial charge in [0.1, 0.15) is 0 Å². The predicted octanol–water partition coefficient (Wildman–Crippen LogP) is 0.255. The highest BCUT2D eigenvalue weighted by Crippen LogP contribution is 2.04. The van der Waals surface area contributed by atoms with Crippen molar-refractivity contribution in [2.45, 2.75) is 13.3 Å². The lowest BCUT2D eigenvalue weighted by molar-refractivity contribution is -0.145. The molecule has 0 saturated carbocycles. The molecular weight excluding hydrogens is 130 g/mol. The lowest BCUT2D eigenvalue weighted by atomic mass is 10.2. The maximum absolute atomic E-state index is 10.8. The van der Waals surface area contributed by atoms with Crippen molar-refractivity contribution >= 4 is 5.97 Å². The first-order chi connectivity index (χ1) is 4.83. The molecule has 0 aliphatic carbocycles. The average molecular weight is 143 g/mol. The summed E-state index contributed by atoms with van der Waals surface area (Å²) in [5.41, 5.74) is 0. The third-order valence-electron chi connectivity index (χ3n) is 1.61. The minimum absolute atomic E-state index is 0.0952. The highest BCUT2D eigenvalue weighted by molar-refractivity contribution is 5.71. The fourth-order valence-electron chi connectivity index (χ4n) is 0.929. The van der Waals surface area contributed by atoms with Gasteiger partial charge < -0.3 is 4.74 Å². The molecule has 1 aliphatic heterocycles. The Morgan fingerprint density at radius 3 is 2.70 bits per heavy atom. The quantitative estimate of drug-likeness (QED) is 0.530. The van der Waals surface area contributed by atoms with Gasteiger partial charge in [-0.1, -0.05) is 0 Å². The van der Waals surface area contributed by atoms with Crippen LogP contribution in [0, 0.1) is 0 Å². The van der Waals surface area contributed by atoms with Crippen LogP contribution in [-0.4, -0.2) is 37.1 Å². The Kier molecular flexibility index (Phi) is 2.68. The van der Waals surface area contributed by atoms with E-state index in [4.69, 9.17) is 4.74 Å². The third-order valence-corrected chi connectivity index (χ3v) is 1.61. The topological polar surface area (TPSA) is 29.5 Å². The number of hydrogen-bond donors (Lipinski definition) is 0. The van der Waals surface area contributed by atoms with Crippen molar-refractivity contribution in [3.05, 3.63) is 0 Å². The zero-order chi connectivity index (χ0) is 7.40. The van der Waals surface area contributed by atoms with E-state index in [0.717, 1.165) is 13.1 Å². The number of likely N-dealkylation sites (tertiary alicyclic amines) is 1. The molecule has 1 saturated heterocycles. The summed E-state index contributed by atoms with van der Waals surface area (Å²) in [6, 6.07) is 0. The summed E-state index contributed by atoms with van der Waals surface area (Å²) in [6.07, 6.45) is 1.22. The molecule has 1 aliphatic rings. The molecule has 0 spiro atoms. The van der Waals surface area contributed by atoms with Crippen LogP contribution in [0.25, 0.3) is 0 Å². The summed E-state index contributed by atoms with van der Waals surface area (Å²) >= 11 is 0. The summed E-state index contributed by atoms with van der Waals surface area (Å²) in [6.45, 7) is 4.91. The second kappa shape index (κ2) is 3.56. The molecule has 3 heteroatoms. The predicted molar refractivity (Wildman–Crippen MR) is 37.7 cm³/mol. The minimum atomic E-state index is -0.0952. The molecule has 0 radical (unpaired) electrons.